The highest BCUT2D eigenvalue weighted by Gasteiger charge is 2.17. The third-order valence-corrected chi connectivity index (χ3v) is 1.98. The monoisotopic (exact) mass is 200 g/mol. The Hall–Kier alpha value is -1.45. The van der Waals surface area contributed by atoms with Crippen LogP contribution in [0.2, 0.25) is 0 Å². The van der Waals surface area contributed by atoms with Crippen molar-refractivity contribution in [2.24, 2.45) is 0 Å². The Labute approximate surface area is 80.5 Å². The van der Waals surface area contributed by atoms with Crippen molar-refractivity contribution in [3.8, 4) is 5.75 Å². The van der Waals surface area contributed by atoms with E-state index in [1.807, 2.05) is 0 Å². The number of methoxy groups -OCH3 is 1. The molecule has 0 aliphatic rings. The van der Waals surface area contributed by atoms with Gasteiger partial charge in [-0.1, -0.05) is 13.0 Å². The predicted octanol–water partition coefficient (Wildman–Crippen LogP) is 2.28. The largest absolute Gasteiger partial charge is 0.491 e. The molecule has 0 spiro atoms. The fourth-order valence-corrected chi connectivity index (χ4v) is 1.16. The van der Waals surface area contributed by atoms with Crippen LogP contribution in [0.5, 0.6) is 5.75 Å². The quantitative estimate of drug-likeness (QED) is 0.699. The molecule has 1 unspecified atom stereocenters. The van der Waals surface area contributed by atoms with Crippen LogP contribution in [0.3, 0.4) is 0 Å². The van der Waals surface area contributed by atoms with Gasteiger partial charge in [0.05, 0.1) is 7.11 Å². The lowest BCUT2D eigenvalue weighted by Gasteiger charge is -2.09. The van der Waals surface area contributed by atoms with E-state index in [2.05, 4.69) is 4.74 Å². The lowest BCUT2D eigenvalue weighted by atomic mass is 10.0. The minimum Gasteiger partial charge on any atom is -0.491 e. The van der Waals surface area contributed by atoms with Gasteiger partial charge in [0.1, 0.15) is 6.29 Å². The fraction of sp³-hybridized carbons (Fsp3) is 0.300. The normalized spacial score (nSPS) is 12.3. The van der Waals surface area contributed by atoms with Gasteiger partial charge in [-0.25, -0.2) is 8.78 Å². The molecule has 0 bridgehead atoms. The molecule has 0 heterocycles. The highest BCUT2D eigenvalue weighted by Crippen LogP contribution is 2.27. The Kier molecular flexibility index (Phi) is 3.17. The first-order chi connectivity index (χ1) is 6.61. The molecule has 0 saturated carbocycles. The molecule has 4 heteroatoms. The summed E-state index contributed by atoms with van der Waals surface area (Å²) < 4.78 is 30.9. The summed E-state index contributed by atoms with van der Waals surface area (Å²) >= 11 is 0. The summed E-state index contributed by atoms with van der Waals surface area (Å²) in [5.41, 5.74) is 0.137. The number of ether oxygens (including phenoxy) is 1. The minimum atomic E-state index is -0.813. The highest BCUT2D eigenvalue weighted by molar-refractivity contribution is 5.62. The van der Waals surface area contributed by atoms with Crippen molar-refractivity contribution < 1.29 is 18.3 Å². The van der Waals surface area contributed by atoms with Gasteiger partial charge < -0.3 is 9.53 Å². The van der Waals surface area contributed by atoms with Crippen molar-refractivity contribution in [1.82, 2.24) is 0 Å². The van der Waals surface area contributed by atoms with E-state index in [9.17, 15) is 13.6 Å². The third-order valence-electron chi connectivity index (χ3n) is 1.98. The van der Waals surface area contributed by atoms with Crippen LogP contribution in [0.4, 0.5) is 8.78 Å². The standard InChI is InChI=1S/C10H10F2O2/c1-6(5-13)7-3-4-8(11)10(14-2)9(7)12/h3-6H,1-2H3. The third kappa shape index (κ3) is 1.73. The number of hydrogen-bond donors (Lipinski definition) is 0. The van der Waals surface area contributed by atoms with Crippen LogP contribution < -0.4 is 4.74 Å². The molecule has 0 saturated heterocycles. The van der Waals surface area contributed by atoms with Gasteiger partial charge in [-0.05, 0) is 6.07 Å². The van der Waals surface area contributed by atoms with E-state index < -0.39 is 23.3 Å². The number of benzene rings is 1. The van der Waals surface area contributed by atoms with Crippen LogP contribution in [0.1, 0.15) is 18.4 Å². The Morgan fingerprint density at radius 1 is 1.43 bits per heavy atom. The van der Waals surface area contributed by atoms with Crippen LogP contribution in [-0.4, -0.2) is 13.4 Å². The Bertz CT molecular complexity index is 350. The van der Waals surface area contributed by atoms with E-state index in [1.54, 1.807) is 0 Å². The van der Waals surface area contributed by atoms with E-state index in [0.717, 1.165) is 6.07 Å². The average Bonchev–Trinajstić information content (AvgIpc) is 2.18. The maximum Gasteiger partial charge on any atom is 0.190 e. The topological polar surface area (TPSA) is 26.3 Å². The summed E-state index contributed by atoms with van der Waals surface area (Å²) in [6.07, 6.45) is 0.593. The number of carbonyl (C=O) groups excluding carboxylic acids is 1. The first kappa shape index (κ1) is 10.6. The van der Waals surface area contributed by atoms with Crippen molar-refractivity contribution in [2.45, 2.75) is 12.8 Å². The van der Waals surface area contributed by atoms with E-state index in [4.69, 9.17) is 0 Å². The molecule has 1 aromatic carbocycles. The van der Waals surface area contributed by atoms with Gasteiger partial charge in [-0.15, -0.1) is 0 Å². The van der Waals surface area contributed by atoms with Crippen LogP contribution in [-0.2, 0) is 4.79 Å². The Morgan fingerprint density at radius 2 is 2.07 bits per heavy atom. The fourth-order valence-electron chi connectivity index (χ4n) is 1.16. The lowest BCUT2D eigenvalue weighted by Crippen LogP contribution is -2.02. The van der Waals surface area contributed by atoms with E-state index in [1.165, 1.54) is 20.1 Å². The second kappa shape index (κ2) is 4.17. The smallest absolute Gasteiger partial charge is 0.190 e. The van der Waals surface area contributed by atoms with Crippen molar-refractivity contribution >= 4 is 6.29 Å². The summed E-state index contributed by atoms with van der Waals surface area (Å²) in [7, 11) is 1.18. The number of aldehydes is 1. The molecule has 14 heavy (non-hydrogen) atoms. The molecule has 0 aromatic heterocycles. The molecule has 0 aliphatic carbocycles. The van der Waals surface area contributed by atoms with Crippen LogP contribution in [0, 0.1) is 11.6 Å². The van der Waals surface area contributed by atoms with Crippen molar-refractivity contribution in [2.75, 3.05) is 7.11 Å². The maximum absolute atomic E-state index is 13.4. The summed E-state index contributed by atoms with van der Waals surface area (Å²) in [6, 6.07) is 2.32. The van der Waals surface area contributed by atoms with E-state index >= 15 is 0 Å². The summed E-state index contributed by atoms with van der Waals surface area (Å²) in [6.45, 7) is 1.53. The number of rotatable bonds is 3. The van der Waals surface area contributed by atoms with Crippen molar-refractivity contribution in [1.29, 1.82) is 0 Å². The van der Waals surface area contributed by atoms with Crippen molar-refractivity contribution in [3.05, 3.63) is 29.3 Å². The summed E-state index contributed by atoms with van der Waals surface area (Å²) in [5.74, 6) is -2.64. The molecule has 1 aromatic rings. The molecule has 0 N–H and O–H groups in total. The number of carbonyl (C=O) groups is 1. The Morgan fingerprint density at radius 3 is 2.57 bits per heavy atom. The number of halogens is 2. The molecule has 0 fully saturated rings. The minimum absolute atomic E-state index is 0.137. The highest BCUT2D eigenvalue weighted by atomic mass is 19.1. The first-order valence-electron chi connectivity index (χ1n) is 4.09. The first-order valence-corrected chi connectivity index (χ1v) is 4.09. The number of hydrogen-bond acceptors (Lipinski definition) is 2. The van der Waals surface area contributed by atoms with E-state index in [0.29, 0.717) is 6.29 Å². The predicted molar refractivity (Wildman–Crippen MR) is 47.4 cm³/mol. The maximum atomic E-state index is 13.4. The molecule has 1 atom stereocenters. The van der Waals surface area contributed by atoms with E-state index in [-0.39, 0.29) is 5.56 Å². The van der Waals surface area contributed by atoms with Gasteiger partial charge in [0.25, 0.3) is 0 Å². The van der Waals surface area contributed by atoms with Gasteiger partial charge >= 0.3 is 0 Å². The molecule has 0 amide bonds. The molecule has 0 aliphatic heterocycles. The second-order valence-corrected chi connectivity index (χ2v) is 2.91. The SMILES string of the molecule is COc1c(F)ccc(C(C)C=O)c1F. The second-order valence-electron chi connectivity index (χ2n) is 2.91. The van der Waals surface area contributed by atoms with Crippen LogP contribution >= 0.6 is 0 Å². The van der Waals surface area contributed by atoms with Crippen molar-refractivity contribution in [3.63, 3.8) is 0 Å². The zero-order valence-electron chi connectivity index (χ0n) is 7.88. The zero-order valence-corrected chi connectivity index (χ0v) is 7.88. The Balaban J connectivity index is 3.27. The molecular formula is C10H10F2O2. The lowest BCUT2D eigenvalue weighted by molar-refractivity contribution is -0.108. The summed E-state index contributed by atoms with van der Waals surface area (Å²) in [5, 5.41) is 0. The van der Waals surface area contributed by atoms with Gasteiger partial charge in [0, 0.05) is 11.5 Å². The van der Waals surface area contributed by atoms with Gasteiger partial charge in [0.15, 0.2) is 17.4 Å². The summed E-state index contributed by atoms with van der Waals surface area (Å²) in [4.78, 5) is 10.4. The molecule has 1 rings (SSSR count). The van der Waals surface area contributed by atoms with Gasteiger partial charge in [0.2, 0.25) is 0 Å². The van der Waals surface area contributed by atoms with Gasteiger partial charge in [-0.3, -0.25) is 0 Å². The van der Waals surface area contributed by atoms with Crippen LogP contribution in [0.25, 0.3) is 0 Å². The molecule has 0 radical (unpaired) electrons. The molecular weight excluding hydrogens is 190 g/mol. The van der Waals surface area contributed by atoms with Gasteiger partial charge in [-0.2, -0.15) is 0 Å². The average molecular weight is 200 g/mol. The zero-order chi connectivity index (χ0) is 10.7. The molecule has 76 valence electrons. The molecule has 2 nitrogen and oxygen atoms in total. The van der Waals surface area contributed by atoms with Crippen LogP contribution in [0.15, 0.2) is 12.1 Å².